The molecule has 0 heterocycles. The highest BCUT2D eigenvalue weighted by Crippen LogP contribution is 2.21. The van der Waals surface area contributed by atoms with Crippen molar-refractivity contribution in [1.82, 2.24) is 0 Å². The van der Waals surface area contributed by atoms with Crippen molar-refractivity contribution in [2.75, 3.05) is 0 Å². The van der Waals surface area contributed by atoms with Crippen molar-refractivity contribution in [2.24, 2.45) is 0 Å². The minimum absolute atomic E-state index is 0.0643. The molecule has 0 atom stereocenters. The van der Waals surface area contributed by atoms with E-state index in [4.69, 9.17) is 0 Å². The lowest BCUT2D eigenvalue weighted by Crippen LogP contribution is -2.09. The second-order valence-electron chi connectivity index (χ2n) is 6.87. The second-order valence-corrected chi connectivity index (χ2v) is 8.69. The summed E-state index contributed by atoms with van der Waals surface area (Å²) in [6, 6.07) is 31.9. The van der Waals surface area contributed by atoms with Gasteiger partial charge in [-0.05, 0) is 0 Å². The normalized spacial score (nSPS) is 10.7. The van der Waals surface area contributed by atoms with Crippen LogP contribution in [0.15, 0.2) is 109 Å². The fraction of sp³-hybridized carbons (Fsp3) is 0. The maximum atomic E-state index is 13.0. The maximum Gasteiger partial charge on any atom is 0.193 e. The van der Waals surface area contributed by atoms with Gasteiger partial charge < -0.3 is 4.57 Å². The van der Waals surface area contributed by atoms with Crippen LogP contribution in [-0.4, -0.2) is 11.6 Å². The van der Waals surface area contributed by atoms with Crippen molar-refractivity contribution in [1.29, 1.82) is 0 Å². The molecule has 0 fully saturated rings. The van der Waals surface area contributed by atoms with Crippen LogP contribution in [0.25, 0.3) is 0 Å². The standard InChI is InChI=1S/C26H19O3P/c27-25(19-7-3-1-4-8-19)21-11-15-23(16-12-21)30(29)24-17-13-22(14-18-24)26(28)20-9-5-2-6-10-20/h1-18,30H. The van der Waals surface area contributed by atoms with Crippen molar-refractivity contribution in [3.8, 4) is 0 Å². The number of carbonyl (C=O) groups excluding carboxylic acids is 2. The Kier molecular flexibility index (Phi) is 5.83. The van der Waals surface area contributed by atoms with Gasteiger partial charge in [0, 0.05) is 32.9 Å². The molecule has 30 heavy (non-hydrogen) atoms. The highest BCUT2D eigenvalue weighted by atomic mass is 31.1. The predicted octanol–water partition coefficient (Wildman–Crippen LogP) is 4.66. The zero-order chi connectivity index (χ0) is 20.9. The number of rotatable bonds is 6. The van der Waals surface area contributed by atoms with E-state index in [2.05, 4.69) is 0 Å². The zero-order valence-electron chi connectivity index (χ0n) is 16.1. The van der Waals surface area contributed by atoms with Gasteiger partial charge in [0.25, 0.3) is 0 Å². The molecule has 0 aliphatic heterocycles. The molecule has 0 aliphatic carbocycles. The van der Waals surface area contributed by atoms with E-state index >= 15 is 0 Å². The van der Waals surface area contributed by atoms with E-state index in [1.165, 1.54) is 0 Å². The summed E-state index contributed by atoms with van der Waals surface area (Å²) in [4.78, 5) is 25.0. The number of benzene rings is 4. The fourth-order valence-corrected chi connectivity index (χ4v) is 4.50. The third-order valence-electron chi connectivity index (χ3n) is 4.89. The third kappa shape index (κ3) is 4.22. The summed E-state index contributed by atoms with van der Waals surface area (Å²) in [6.45, 7) is 0. The molecule has 0 amide bonds. The summed E-state index contributed by atoms with van der Waals surface area (Å²) in [5.41, 5.74) is 2.36. The number of hydrogen-bond acceptors (Lipinski definition) is 3. The Morgan fingerprint density at radius 2 is 0.733 bits per heavy atom. The van der Waals surface area contributed by atoms with Crippen LogP contribution in [0.1, 0.15) is 31.8 Å². The molecule has 0 N–H and O–H groups in total. The summed E-state index contributed by atoms with van der Waals surface area (Å²) in [6.07, 6.45) is 0. The molecule has 146 valence electrons. The van der Waals surface area contributed by atoms with E-state index in [0.717, 1.165) is 0 Å². The van der Waals surface area contributed by atoms with Gasteiger partial charge in [-0.15, -0.1) is 0 Å². The van der Waals surface area contributed by atoms with Gasteiger partial charge in [0.05, 0.1) is 0 Å². The first-order chi connectivity index (χ1) is 14.6. The molecule has 0 saturated carbocycles. The zero-order valence-corrected chi connectivity index (χ0v) is 17.1. The molecule has 0 aromatic heterocycles. The minimum Gasteiger partial charge on any atom is -0.317 e. The van der Waals surface area contributed by atoms with E-state index in [0.29, 0.717) is 32.9 Å². The first-order valence-corrected chi connectivity index (χ1v) is 11.0. The van der Waals surface area contributed by atoms with Gasteiger partial charge in [-0.2, -0.15) is 0 Å². The van der Waals surface area contributed by atoms with Gasteiger partial charge in [-0.3, -0.25) is 9.59 Å². The average molecular weight is 410 g/mol. The number of carbonyl (C=O) groups is 2. The van der Waals surface area contributed by atoms with Crippen LogP contribution in [0, 0.1) is 0 Å². The highest BCUT2D eigenvalue weighted by Gasteiger charge is 2.13. The van der Waals surface area contributed by atoms with Crippen LogP contribution in [0.2, 0.25) is 0 Å². The van der Waals surface area contributed by atoms with Gasteiger partial charge in [0.2, 0.25) is 0 Å². The molecular formula is C26H19O3P. The van der Waals surface area contributed by atoms with Gasteiger partial charge >= 0.3 is 0 Å². The van der Waals surface area contributed by atoms with Crippen molar-refractivity contribution >= 4 is 30.0 Å². The van der Waals surface area contributed by atoms with Gasteiger partial charge in [-0.25, -0.2) is 0 Å². The maximum absolute atomic E-state index is 13.0. The van der Waals surface area contributed by atoms with E-state index in [-0.39, 0.29) is 11.6 Å². The Bertz CT molecular complexity index is 1100. The topological polar surface area (TPSA) is 51.2 Å². The molecule has 4 heteroatoms. The monoisotopic (exact) mass is 410 g/mol. The Balaban J connectivity index is 1.50. The summed E-state index contributed by atoms with van der Waals surface area (Å²) in [5.74, 6) is -0.129. The molecule has 0 radical (unpaired) electrons. The molecule has 4 aromatic rings. The van der Waals surface area contributed by atoms with Crippen LogP contribution in [0.3, 0.4) is 0 Å². The quantitative estimate of drug-likeness (QED) is 0.343. The van der Waals surface area contributed by atoms with Gasteiger partial charge in [0.15, 0.2) is 11.6 Å². The van der Waals surface area contributed by atoms with Crippen molar-refractivity contribution in [2.45, 2.75) is 0 Å². The second kappa shape index (κ2) is 8.86. The van der Waals surface area contributed by atoms with Crippen molar-refractivity contribution < 1.29 is 14.2 Å². The molecule has 3 nitrogen and oxygen atoms in total. The summed E-state index contributed by atoms with van der Waals surface area (Å²) >= 11 is 0. The average Bonchev–Trinajstić information content (AvgIpc) is 2.84. The Hall–Kier alpha value is -3.55. The molecule has 0 unspecified atom stereocenters. The molecular weight excluding hydrogens is 391 g/mol. The van der Waals surface area contributed by atoms with Crippen LogP contribution in [-0.2, 0) is 4.57 Å². The van der Waals surface area contributed by atoms with Crippen LogP contribution in [0.5, 0.6) is 0 Å². The highest BCUT2D eigenvalue weighted by molar-refractivity contribution is 7.61. The smallest absolute Gasteiger partial charge is 0.193 e. The van der Waals surface area contributed by atoms with E-state index in [1.807, 2.05) is 36.4 Å². The van der Waals surface area contributed by atoms with Crippen molar-refractivity contribution in [3.05, 3.63) is 131 Å². The van der Waals surface area contributed by atoms with Gasteiger partial charge in [0.1, 0.15) is 7.80 Å². The van der Waals surface area contributed by atoms with E-state index < -0.39 is 7.80 Å². The molecule has 0 saturated heterocycles. The number of ketones is 2. The van der Waals surface area contributed by atoms with Crippen LogP contribution >= 0.6 is 7.80 Å². The third-order valence-corrected chi connectivity index (χ3v) is 6.61. The van der Waals surface area contributed by atoms with Crippen molar-refractivity contribution in [3.63, 3.8) is 0 Å². The Morgan fingerprint density at radius 1 is 0.433 bits per heavy atom. The van der Waals surface area contributed by atoms with Crippen LogP contribution < -0.4 is 10.6 Å². The number of hydrogen-bond donors (Lipinski definition) is 0. The predicted molar refractivity (Wildman–Crippen MR) is 121 cm³/mol. The first-order valence-electron chi connectivity index (χ1n) is 9.58. The van der Waals surface area contributed by atoms with Gasteiger partial charge in [-0.1, -0.05) is 109 Å². The SMILES string of the molecule is O=C(c1ccccc1)c1ccc([PH](=O)c2ccc(C(=O)c3ccccc3)cc2)cc1. The minimum atomic E-state index is -2.23. The molecule has 4 rings (SSSR count). The Morgan fingerprint density at radius 3 is 1.07 bits per heavy atom. The van der Waals surface area contributed by atoms with Crippen LogP contribution in [0.4, 0.5) is 0 Å². The fourth-order valence-electron chi connectivity index (χ4n) is 3.23. The summed E-state index contributed by atoms with van der Waals surface area (Å²) in [7, 11) is -2.23. The molecule has 0 spiro atoms. The molecule has 0 aliphatic rings. The first kappa shape index (κ1) is 19.8. The largest absolute Gasteiger partial charge is 0.317 e. The summed E-state index contributed by atoms with van der Waals surface area (Å²) in [5, 5.41) is 1.35. The Labute approximate surface area is 175 Å². The lowest BCUT2D eigenvalue weighted by molar-refractivity contribution is 0.103. The summed E-state index contributed by atoms with van der Waals surface area (Å²) < 4.78 is 13.0. The molecule has 4 aromatic carbocycles. The molecule has 0 bridgehead atoms. The lowest BCUT2D eigenvalue weighted by atomic mass is 10.0. The lowest BCUT2D eigenvalue weighted by Gasteiger charge is -2.06. The van der Waals surface area contributed by atoms with E-state index in [9.17, 15) is 14.2 Å². The van der Waals surface area contributed by atoms with E-state index in [1.54, 1.807) is 72.8 Å².